The van der Waals surface area contributed by atoms with Crippen molar-refractivity contribution in [2.75, 3.05) is 6.26 Å². The summed E-state index contributed by atoms with van der Waals surface area (Å²) in [6.07, 6.45) is 0.759. The van der Waals surface area contributed by atoms with Crippen molar-refractivity contribution in [2.24, 2.45) is 0 Å². The molecule has 0 aliphatic rings. The molecule has 1 N–H and O–H groups in total. The maximum atomic E-state index is 14.7. The summed E-state index contributed by atoms with van der Waals surface area (Å²) in [6.45, 7) is 7.13. The minimum Gasteiger partial charge on any atom is -0.268 e. The summed E-state index contributed by atoms with van der Waals surface area (Å²) in [4.78, 5) is 15.4. The van der Waals surface area contributed by atoms with E-state index in [1.54, 1.807) is 22.9 Å². The normalized spacial score (nSPS) is 11.4. The highest BCUT2D eigenvalue weighted by Crippen LogP contribution is 2.35. The Labute approximate surface area is 202 Å². The van der Waals surface area contributed by atoms with Crippen LogP contribution in [0.25, 0.3) is 32.6 Å². The van der Waals surface area contributed by atoms with Gasteiger partial charge in [-0.15, -0.1) is 0 Å². The molecule has 1 amide bonds. The van der Waals surface area contributed by atoms with Crippen molar-refractivity contribution in [1.29, 1.82) is 0 Å². The molecule has 0 bridgehead atoms. The summed E-state index contributed by atoms with van der Waals surface area (Å²) in [6, 6.07) is 10.6. The zero-order valence-electron chi connectivity index (χ0n) is 17.1. The second kappa shape index (κ2) is 8.68. The number of nitrogens with zero attached hydrogens (tertiary/aromatic N) is 3. The van der Waals surface area contributed by atoms with Gasteiger partial charge in [0.15, 0.2) is 10.8 Å². The molecule has 0 atom stereocenters. The van der Waals surface area contributed by atoms with E-state index < -0.39 is 33.1 Å². The molecule has 0 saturated carbocycles. The van der Waals surface area contributed by atoms with Crippen LogP contribution in [0.1, 0.15) is 10.4 Å². The van der Waals surface area contributed by atoms with Gasteiger partial charge in [-0.25, -0.2) is 31.4 Å². The fourth-order valence-corrected chi connectivity index (χ4v) is 4.25. The molecule has 0 saturated heterocycles. The molecule has 3 aromatic carbocycles. The second-order valence-electron chi connectivity index (χ2n) is 7.20. The molecule has 4 rings (SSSR count). The Morgan fingerprint density at radius 1 is 1.09 bits per heavy atom. The molecule has 0 fully saturated rings. The van der Waals surface area contributed by atoms with E-state index in [9.17, 15) is 22.0 Å². The van der Waals surface area contributed by atoms with Crippen LogP contribution in [0.2, 0.25) is 10.2 Å². The van der Waals surface area contributed by atoms with Crippen molar-refractivity contribution in [3.8, 4) is 16.8 Å². The van der Waals surface area contributed by atoms with Gasteiger partial charge in [0.1, 0.15) is 11.6 Å². The maximum absolute atomic E-state index is 14.7. The van der Waals surface area contributed by atoms with Gasteiger partial charge in [0.05, 0.1) is 34.6 Å². The van der Waals surface area contributed by atoms with Crippen LogP contribution in [0.15, 0.2) is 48.5 Å². The summed E-state index contributed by atoms with van der Waals surface area (Å²) < 4.78 is 54.6. The molecule has 34 heavy (non-hydrogen) atoms. The number of hydrogen-bond donors (Lipinski definition) is 1. The monoisotopic (exact) mass is 520 g/mol. The predicted molar refractivity (Wildman–Crippen MR) is 125 cm³/mol. The van der Waals surface area contributed by atoms with Crippen LogP contribution >= 0.6 is 23.2 Å². The summed E-state index contributed by atoms with van der Waals surface area (Å²) in [5.74, 6) is -2.73. The number of fused-ring (bicyclic) bond motifs is 1. The summed E-state index contributed by atoms with van der Waals surface area (Å²) in [5, 5.41) is 4.51. The number of rotatable bonds is 4. The lowest BCUT2D eigenvalue weighted by Crippen LogP contribution is -2.30. The molecule has 7 nitrogen and oxygen atoms in total. The molecule has 1 heterocycles. The van der Waals surface area contributed by atoms with Gasteiger partial charge in [-0.2, -0.15) is 5.10 Å². The molecule has 0 aliphatic heterocycles. The van der Waals surface area contributed by atoms with Gasteiger partial charge in [0.2, 0.25) is 10.0 Å². The molecular weight excluding hydrogens is 509 g/mol. The first-order valence-electron chi connectivity index (χ1n) is 9.35. The van der Waals surface area contributed by atoms with E-state index in [0.717, 1.165) is 18.4 Å². The summed E-state index contributed by atoms with van der Waals surface area (Å²) in [7, 11) is -3.91. The zero-order valence-corrected chi connectivity index (χ0v) is 19.4. The standard InChI is InChI=1S/C22H12Cl2F2N4O3S/c1-27-12-4-5-17(25)13(8-12)11-3-6-19-15(7-11)21(24)28-30(19)20-10-18(26)14(9-16(20)23)22(31)29-34(2,32)33/h3-10H,2H3,(H,29,31). The van der Waals surface area contributed by atoms with Gasteiger partial charge in [-0.3, -0.25) is 4.79 Å². The van der Waals surface area contributed by atoms with Crippen molar-refractivity contribution < 1.29 is 22.0 Å². The van der Waals surface area contributed by atoms with Crippen LogP contribution in [0.4, 0.5) is 14.5 Å². The number of benzene rings is 3. The van der Waals surface area contributed by atoms with E-state index in [-0.39, 0.29) is 27.1 Å². The number of carbonyl (C=O) groups excluding carboxylic acids is 1. The van der Waals surface area contributed by atoms with Gasteiger partial charge in [0.25, 0.3) is 5.91 Å². The molecule has 0 unspecified atom stereocenters. The van der Waals surface area contributed by atoms with Crippen LogP contribution in [0, 0.1) is 18.2 Å². The summed E-state index contributed by atoms with van der Waals surface area (Å²) in [5.41, 5.74) is 0.789. The van der Waals surface area contributed by atoms with Crippen LogP contribution in [-0.4, -0.2) is 30.4 Å². The van der Waals surface area contributed by atoms with Gasteiger partial charge < -0.3 is 0 Å². The van der Waals surface area contributed by atoms with Crippen molar-refractivity contribution in [1.82, 2.24) is 14.5 Å². The highest BCUT2D eigenvalue weighted by molar-refractivity contribution is 7.89. The molecule has 0 spiro atoms. The van der Waals surface area contributed by atoms with Crippen molar-refractivity contribution >= 4 is 55.7 Å². The highest BCUT2D eigenvalue weighted by atomic mass is 35.5. The van der Waals surface area contributed by atoms with E-state index in [0.29, 0.717) is 16.5 Å². The van der Waals surface area contributed by atoms with Gasteiger partial charge in [-0.1, -0.05) is 35.3 Å². The lowest BCUT2D eigenvalue weighted by atomic mass is 10.0. The number of halogens is 4. The topological polar surface area (TPSA) is 85.4 Å². The minimum absolute atomic E-state index is 0.0222. The van der Waals surface area contributed by atoms with Gasteiger partial charge in [0, 0.05) is 17.0 Å². The first kappa shape index (κ1) is 23.6. The fourth-order valence-electron chi connectivity index (χ4n) is 3.33. The molecule has 4 aromatic rings. The number of nitrogens with one attached hydrogen (secondary N) is 1. The SMILES string of the molecule is [C-]#[N+]c1ccc(F)c(-c2ccc3c(c2)c(Cl)nn3-c2cc(F)c(C(=O)NS(C)(=O)=O)cc2Cl)c1. The molecule has 172 valence electrons. The molecule has 0 aliphatic carbocycles. The Morgan fingerprint density at radius 3 is 2.50 bits per heavy atom. The first-order valence-corrected chi connectivity index (χ1v) is 12.0. The number of carbonyl (C=O) groups is 1. The van der Waals surface area contributed by atoms with Crippen molar-refractivity contribution in [2.45, 2.75) is 0 Å². The van der Waals surface area contributed by atoms with Crippen LogP contribution < -0.4 is 4.72 Å². The van der Waals surface area contributed by atoms with Crippen molar-refractivity contribution in [3.63, 3.8) is 0 Å². The lowest BCUT2D eigenvalue weighted by molar-refractivity contribution is 0.0978. The first-order chi connectivity index (χ1) is 16.0. The lowest BCUT2D eigenvalue weighted by Gasteiger charge is -2.10. The average molecular weight is 521 g/mol. The maximum Gasteiger partial charge on any atom is 0.267 e. The average Bonchev–Trinajstić information content (AvgIpc) is 3.10. The Bertz CT molecular complexity index is 1650. The van der Waals surface area contributed by atoms with E-state index in [4.69, 9.17) is 29.8 Å². The Balaban J connectivity index is 1.82. The number of aromatic nitrogens is 2. The Kier molecular flexibility index (Phi) is 6.03. The van der Waals surface area contributed by atoms with Crippen LogP contribution in [0.5, 0.6) is 0 Å². The van der Waals surface area contributed by atoms with Gasteiger partial charge >= 0.3 is 0 Å². The third kappa shape index (κ3) is 4.46. The van der Waals surface area contributed by atoms with E-state index in [2.05, 4.69) is 9.94 Å². The highest BCUT2D eigenvalue weighted by Gasteiger charge is 2.21. The number of amides is 1. The van der Waals surface area contributed by atoms with Crippen LogP contribution in [0.3, 0.4) is 0 Å². The Morgan fingerprint density at radius 2 is 1.82 bits per heavy atom. The second-order valence-corrected chi connectivity index (χ2v) is 9.71. The third-order valence-corrected chi connectivity index (χ3v) is 5.95. The predicted octanol–water partition coefficient (Wildman–Crippen LogP) is 5.52. The largest absolute Gasteiger partial charge is 0.268 e. The molecule has 12 heteroatoms. The smallest absolute Gasteiger partial charge is 0.267 e. The minimum atomic E-state index is -3.91. The van der Waals surface area contributed by atoms with Crippen LogP contribution in [-0.2, 0) is 10.0 Å². The molecule has 1 aromatic heterocycles. The van der Waals surface area contributed by atoms with Gasteiger partial charge in [-0.05, 0) is 35.9 Å². The van der Waals surface area contributed by atoms with E-state index >= 15 is 0 Å². The third-order valence-electron chi connectivity index (χ3n) is 4.81. The fraction of sp³-hybridized carbons (Fsp3) is 0.0455. The summed E-state index contributed by atoms with van der Waals surface area (Å²) >= 11 is 12.6. The quantitative estimate of drug-likeness (QED) is 0.359. The number of sulfonamides is 1. The number of hydrogen-bond acceptors (Lipinski definition) is 4. The van der Waals surface area contributed by atoms with Crippen molar-refractivity contribution in [3.05, 3.63) is 87.3 Å². The molecular formula is C22H12Cl2F2N4O3S. The zero-order chi connectivity index (χ0) is 24.8. The Hall–Kier alpha value is -3.52. The van der Waals surface area contributed by atoms with E-state index in [1.165, 1.54) is 22.9 Å². The van der Waals surface area contributed by atoms with E-state index in [1.807, 2.05) is 0 Å². The molecule has 0 radical (unpaired) electrons.